The van der Waals surface area contributed by atoms with Crippen LogP contribution < -0.4 is 14.8 Å². The molecule has 0 saturated heterocycles. The molecule has 0 fully saturated rings. The fraction of sp³-hybridized carbons (Fsp3) is 0.321. The minimum Gasteiger partial charge on any atom is -0.503 e. The third kappa shape index (κ3) is 6.53. The lowest BCUT2D eigenvalue weighted by molar-refractivity contribution is -0.155. The molecule has 0 unspecified atom stereocenters. The standard InChI is InChI=1S/C28H32N2O6/c1-17(2)26(36-22-13-11-21(12-14-22)20-9-7-6-8-10-20)19(4)35-28(33)18(3)30-27(32)24-25(31)23(34-5)15-16-29-24/h6-19,26,31H,1-5H3,(H,30,32)/t18-,19-,26+/m0/s1. The Morgan fingerprint density at radius 3 is 2.17 bits per heavy atom. The SMILES string of the molecule is COc1ccnc(C(=O)N[C@@H](C)C(=O)O[C@@H](C)[C@H](Oc2ccc(-c3ccccc3)cc2)C(C)C)c1O. The zero-order valence-electron chi connectivity index (χ0n) is 21.1. The predicted molar refractivity (Wildman–Crippen MR) is 136 cm³/mol. The summed E-state index contributed by atoms with van der Waals surface area (Å²) >= 11 is 0. The van der Waals surface area contributed by atoms with Crippen molar-refractivity contribution >= 4 is 11.9 Å². The number of hydrogen-bond acceptors (Lipinski definition) is 7. The highest BCUT2D eigenvalue weighted by molar-refractivity contribution is 5.97. The van der Waals surface area contributed by atoms with Gasteiger partial charge in [-0.05, 0) is 43.0 Å². The summed E-state index contributed by atoms with van der Waals surface area (Å²) in [5, 5.41) is 12.6. The molecule has 1 heterocycles. The molecule has 190 valence electrons. The van der Waals surface area contributed by atoms with Gasteiger partial charge in [0.05, 0.1) is 7.11 Å². The van der Waals surface area contributed by atoms with Crippen molar-refractivity contribution in [1.82, 2.24) is 10.3 Å². The molecule has 3 rings (SSSR count). The van der Waals surface area contributed by atoms with E-state index >= 15 is 0 Å². The van der Waals surface area contributed by atoms with E-state index in [1.807, 2.05) is 68.4 Å². The molecule has 1 aromatic heterocycles. The summed E-state index contributed by atoms with van der Waals surface area (Å²) in [6.07, 6.45) is 0.327. The third-order valence-electron chi connectivity index (χ3n) is 5.68. The smallest absolute Gasteiger partial charge is 0.328 e. The first-order chi connectivity index (χ1) is 17.2. The van der Waals surface area contributed by atoms with E-state index in [0.717, 1.165) is 11.1 Å². The van der Waals surface area contributed by atoms with Crippen LogP contribution in [0.5, 0.6) is 17.2 Å². The van der Waals surface area contributed by atoms with Crippen LogP contribution in [0.1, 0.15) is 38.2 Å². The Balaban J connectivity index is 1.61. The molecule has 0 spiro atoms. The predicted octanol–water partition coefficient (Wildman–Crippen LogP) is 4.62. The third-order valence-corrected chi connectivity index (χ3v) is 5.68. The number of ether oxygens (including phenoxy) is 3. The highest BCUT2D eigenvalue weighted by atomic mass is 16.6. The Labute approximate surface area is 211 Å². The number of aromatic hydroxyl groups is 1. The summed E-state index contributed by atoms with van der Waals surface area (Å²) < 4.78 is 16.8. The summed E-state index contributed by atoms with van der Waals surface area (Å²) in [5.41, 5.74) is 1.94. The van der Waals surface area contributed by atoms with E-state index in [0.29, 0.717) is 5.75 Å². The molecule has 8 heteroatoms. The number of nitrogens with zero attached hydrogens (tertiary/aromatic N) is 1. The maximum atomic E-state index is 12.7. The first-order valence-corrected chi connectivity index (χ1v) is 11.8. The molecule has 8 nitrogen and oxygen atoms in total. The van der Waals surface area contributed by atoms with Crippen molar-refractivity contribution in [2.75, 3.05) is 7.11 Å². The molecule has 36 heavy (non-hydrogen) atoms. The van der Waals surface area contributed by atoms with E-state index in [9.17, 15) is 14.7 Å². The molecule has 1 amide bonds. The van der Waals surface area contributed by atoms with Crippen molar-refractivity contribution in [3.05, 3.63) is 72.6 Å². The van der Waals surface area contributed by atoms with Crippen molar-refractivity contribution in [2.24, 2.45) is 5.92 Å². The van der Waals surface area contributed by atoms with Crippen LogP contribution in [0.2, 0.25) is 0 Å². The highest BCUT2D eigenvalue weighted by Crippen LogP contribution is 2.28. The van der Waals surface area contributed by atoms with Crippen molar-refractivity contribution in [3.8, 4) is 28.4 Å². The second kappa shape index (κ2) is 12.1. The first kappa shape index (κ1) is 26.5. The normalized spacial score (nSPS) is 13.4. The molecule has 0 aliphatic rings. The Bertz CT molecular complexity index is 1160. The summed E-state index contributed by atoms with van der Waals surface area (Å²) in [4.78, 5) is 29.1. The van der Waals surface area contributed by atoms with Gasteiger partial charge in [-0.25, -0.2) is 9.78 Å². The quantitative estimate of drug-likeness (QED) is 0.398. The van der Waals surface area contributed by atoms with Gasteiger partial charge in [0, 0.05) is 12.3 Å². The van der Waals surface area contributed by atoms with Crippen LogP contribution in [0, 0.1) is 5.92 Å². The number of methoxy groups -OCH3 is 1. The molecule has 3 aromatic rings. The number of amides is 1. The zero-order chi connectivity index (χ0) is 26.2. The minimum atomic E-state index is -0.981. The largest absolute Gasteiger partial charge is 0.503 e. The van der Waals surface area contributed by atoms with Crippen LogP contribution >= 0.6 is 0 Å². The van der Waals surface area contributed by atoms with Gasteiger partial charge < -0.3 is 24.6 Å². The van der Waals surface area contributed by atoms with Crippen LogP contribution in [0.3, 0.4) is 0 Å². The molecular formula is C28H32N2O6. The molecule has 0 saturated carbocycles. The zero-order valence-corrected chi connectivity index (χ0v) is 21.1. The molecule has 0 radical (unpaired) electrons. The van der Waals surface area contributed by atoms with E-state index < -0.39 is 35.9 Å². The summed E-state index contributed by atoms with van der Waals surface area (Å²) in [6.45, 7) is 7.22. The molecular weight excluding hydrogens is 460 g/mol. The molecule has 2 aromatic carbocycles. The Hall–Kier alpha value is -4.07. The number of nitrogens with one attached hydrogen (secondary N) is 1. The lowest BCUT2D eigenvalue weighted by atomic mass is 10.0. The summed E-state index contributed by atoms with van der Waals surface area (Å²) in [7, 11) is 1.36. The van der Waals surface area contributed by atoms with Gasteiger partial charge in [0.2, 0.25) is 0 Å². The van der Waals surface area contributed by atoms with Gasteiger partial charge in [0.1, 0.15) is 24.0 Å². The number of aromatic nitrogens is 1. The number of esters is 1. The highest BCUT2D eigenvalue weighted by Gasteiger charge is 2.29. The fourth-order valence-electron chi connectivity index (χ4n) is 3.73. The fourth-order valence-corrected chi connectivity index (χ4v) is 3.73. The van der Waals surface area contributed by atoms with Crippen LogP contribution in [-0.2, 0) is 9.53 Å². The van der Waals surface area contributed by atoms with Gasteiger partial charge in [0.15, 0.2) is 17.2 Å². The number of carbonyl (C=O) groups is 2. The van der Waals surface area contributed by atoms with E-state index in [4.69, 9.17) is 14.2 Å². The number of rotatable bonds is 10. The number of benzene rings is 2. The van der Waals surface area contributed by atoms with Gasteiger partial charge in [-0.15, -0.1) is 0 Å². The van der Waals surface area contributed by atoms with Gasteiger partial charge >= 0.3 is 5.97 Å². The van der Waals surface area contributed by atoms with Gasteiger partial charge in [0.25, 0.3) is 5.91 Å². The van der Waals surface area contributed by atoms with Crippen molar-refractivity contribution in [1.29, 1.82) is 0 Å². The Morgan fingerprint density at radius 2 is 1.56 bits per heavy atom. The second-order valence-electron chi connectivity index (χ2n) is 8.76. The van der Waals surface area contributed by atoms with E-state index in [-0.39, 0.29) is 17.4 Å². The summed E-state index contributed by atoms with van der Waals surface area (Å²) in [6, 6.07) is 18.2. The maximum absolute atomic E-state index is 12.7. The monoisotopic (exact) mass is 492 g/mol. The second-order valence-corrected chi connectivity index (χ2v) is 8.76. The van der Waals surface area contributed by atoms with E-state index in [2.05, 4.69) is 10.3 Å². The lowest BCUT2D eigenvalue weighted by Crippen LogP contribution is -2.44. The van der Waals surface area contributed by atoms with Crippen molar-refractivity contribution in [2.45, 2.75) is 45.9 Å². The van der Waals surface area contributed by atoms with Gasteiger partial charge in [-0.3, -0.25) is 4.79 Å². The average Bonchev–Trinajstić information content (AvgIpc) is 2.87. The first-order valence-electron chi connectivity index (χ1n) is 11.8. The van der Waals surface area contributed by atoms with Crippen LogP contribution in [0.4, 0.5) is 0 Å². The van der Waals surface area contributed by atoms with Crippen LogP contribution in [-0.4, -0.2) is 47.3 Å². The van der Waals surface area contributed by atoms with Crippen molar-refractivity contribution < 1.29 is 28.9 Å². The molecule has 0 aliphatic carbocycles. The number of pyridine rings is 1. The van der Waals surface area contributed by atoms with Gasteiger partial charge in [-0.2, -0.15) is 0 Å². The molecule has 0 aliphatic heterocycles. The lowest BCUT2D eigenvalue weighted by Gasteiger charge is -2.29. The Morgan fingerprint density at radius 1 is 0.917 bits per heavy atom. The molecule has 0 bridgehead atoms. The molecule has 3 atom stereocenters. The van der Waals surface area contributed by atoms with Crippen LogP contribution in [0.25, 0.3) is 11.1 Å². The Kier molecular flexibility index (Phi) is 8.89. The summed E-state index contributed by atoms with van der Waals surface area (Å²) in [5.74, 6) is -0.946. The van der Waals surface area contributed by atoms with Crippen LogP contribution in [0.15, 0.2) is 66.9 Å². The van der Waals surface area contributed by atoms with Gasteiger partial charge in [-0.1, -0.05) is 56.3 Å². The average molecular weight is 493 g/mol. The maximum Gasteiger partial charge on any atom is 0.328 e. The van der Waals surface area contributed by atoms with E-state index in [1.165, 1.54) is 26.3 Å². The van der Waals surface area contributed by atoms with E-state index in [1.54, 1.807) is 6.92 Å². The number of carbonyl (C=O) groups excluding carboxylic acids is 2. The molecule has 2 N–H and O–H groups in total. The number of hydrogen-bond donors (Lipinski definition) is 2. The topological polar surface area (TPSA) is 107 Å². The minimum absolute atomic E-state index is 0.0458. The van der Waals surface area contributed by atoms with Crippen molar-refractivity contribution in [3.63, 3.8) is 0 Å².